The molecule has 0 radical (unpaired) electrons. The molecule has 1 saturated heterocycles. The van der Waals surface area contributed by atoms with Crippen LogP contribution in [-0.2, 0) is 4.79 Å². The molecule has 2 rings (SSSR count). The molecule has 2 N–H and O–H groups in total. The molecule has 1 aliphatic heterocycles. The van der Waals surface area contributed by atoms with Crippen LogP contribution < -0.4 is 10.6 Å². The Balaban J connectivity index is 2.24. The standard InChI is InChI=1S/C11H13FN2O/c1-7-6-13-10(11(15)14-7)8-4-2-3-5-9(8)12/h2-5,7,10,13H,6H2,1H3,(H,14,15). The Kier molecular flexibility index (Phi) is 2.68. The highest BCUT2D eigenvalue weighted by Gasteiger charge is 2.28. The van der Waals surface area contributed by atoms with E-state index in [0.29, 0.717) is 12.1 Å². The SMILES string of the molecule is CC1CNC(c2ccccc2F)C(=O)N1. The number of carbonyl (C=O) groups excluding carboxylic acids is 1. The zero-order chi connectivity index (χ0) is 10.8. The summed E-state index contributed by atoms with van der Waals surface area (Å²) in [5.74, 6) is -0.515. The van der Waals surface area contributed by atoms with Gasteiger partial charge in [-0.2, -0.15) is 0 Å². The normalized spacial score (nSPS) is 26.1. The van der Waals surface area contributed by atoms with Crippen molar-refractivity contribution in [3.63, 3.8) is 0 Å². The summed E-state index contributed by atoms with van der Waals surface area (Å²) in [5, 5.41) is 5.81. The van der Waals surface area contributed by atoms with Crippen LogP contribution in [0.5, 0.6) is 0 Å². The maximum Gasteiger partial charge on any atom is 0.242 e. The van der Waals surface area contributed by atoms with Crippen LogP contribution in [-0.4, -0.2) is 18.5 Å². The van der Waals surface area contributed by atoms with Crippen molar-refractivity contribution in [1.29, 1.82) is 0 Å². The highest BCUT2D eigenvalue weighted by molar-refractivity contribution is 5.84. The summed E-state index contributed by atoms with van der Waals surface area (Å²) >= 11 is 0. The lowest BCUT2D eigenvalue weighted by Crippen LogP contribution is -2.52. The fourth-order valence-electron chi connectivity index (χ4n) is 1.72. The highest BCUT2D eigenvalue weighted by Crippen LogP contribution is 2.18. The highest BCUT2D eigenvalue weighted by atomic mass is 19.1. The molecule has 0 bridgehead atoms. The number of rotatable bonds is 1. The molecule has 2 atom stereocenters. The van der Waals surface area contributed by atoms with Crippen molar-refractivity contribution in [1.82, 2.24) is 10.6 Å². The van der Waals surface area contributed by atoms with Crippen LogP contribution in [0.2, 0.25) is 0 Å². The third-order valence-electron chi connectivity index (χ3n) is 2.50. The van der Waals surface area contributed by atoms with E-state index in [1.165, 1.54) is 6.07 Å². The first kappa shape index (κ1) is 10.1. The molecule has 0 aromatic heterocycles. The van der Waals surface area contributed by atoms with Gasteiger partial charge in [0, 0.05) is 18.2 Å². The summed E-state index contributed by atoms with van der Waals surface area (Å²) in [5.41, 5.74) is 0.405. The Hall–Kier alpha value is -1.42. The van der Waals surface area contributed by atoms with Gasteiger partial charge in [-0.15, -0.1) is 0 Å². The van der Waals surface area contributed by atoms with Crippen LogP contribution in [0.4, 0.5) is 4.39 Å². The van der Waals surface area contributed by atoms with E-state index in [9.17, 15) is 9.18 Å². The third-order valence-corrected chi connectivity index (χ3v) is 2.50. The summed E-state index contributed by atoms with van der Waals surface area (Å²) in [7, 11) is 0. The van der Waals surface area contributed by atoms with Crippen LogP contribution in [0.3, 0.4) is 0 Å². The number of nitrogens with one attached hydrogen (secondary N) is 2. The molecule has 15 heavy (non-hydrogen) atoms. The third kappa shape index (κ3) is 1.99. The Morgan fingerprint density at radius 2 is 2.13 bits per heavy atom. The molecule has 1 fully saturated rings. The van der Waals surface area contributed by atoms with Gasteiger partial charge in [-0.05, 0) is 13.0 Å². The zero-order valence-corrected chi connectivity index (χ0v) is 8.46. The van der Waals surface area contributed by atoms with Gasteiger partial charge < -0.3 is 10.6 Å². The van der Waals surface area contributed by atoms with E-state index < -0.39 is 6.04 Å². The van der Waals surface area contributed by atoms with Gasteiger partial charge in [0.2, 0.25) is 5.91 Å². The molecule has 1 aromatic carbocycles. The van der Waals surface area contributed by atoms with Gasteiger partial charge in [-0.25, -0.2) is 4.39 Å². The van der Waals surface area contributed by atoms with E-state index in [1.54, 1.807) is 18.2 Å². The van der Waals surface area contributed by atoms with Crippen LogP contribution in [0.25, 0.3) is 0 Å². The molecule has 1 amide bonds. The van der Waals surface area contributed by atoms with E-state index in [4.69, 9.17) is 0 Å². The van der Waals surface area contributed by atoms with Gasteiger partial charge in [0.25, 0.3) is 0 Å². The molecule has 0 spiro atoms. The minimum Gasteiger partial charge on any atom is -0.351 e. The van der Waals surface area contributed by atoms with Crippen molar-refractivity contribution in [2.45, 2.75) is 19.0 Å². The molecule has 80 valence electrons. The van der Waals surface area contributed by atoms with Crippen LogP contribution >= 0.6 is 0 Å². The second kappa shape index (κ2) is 3.98. The molecule has 2 unspecified atom stereocenters. The predicted molar refractivity (Wildman–Crippen MR) is 54.7 cm³/mol. The van der Waals surface area contributed by atoms with E-state index in [1.807, 2.05) is 6.92 Å². The van der Waals surface area contributed by atoms with Gasteiger partial charge in [0.15, 0.2) is 0 Å². The van der Waals surface area contributed by atoms with Gasteiger partial charge in [0.1, 0.15) is 11.9 Å². The summed E-state index contributed by atoms with van der Waals surface area (Å²) in [6.07, 6.45) is 0. The van der Waals surface area contributed by atoms with Crippen molar-refractivity contribution in [3.05, 3.63) is 35.6 Å². The number of piperazine rings is 1. The van der Waals surface area contributed by atoms with Crippen molar-refractivity contribution in [2.75, 3.05) is 6.54 Å². The molecular weight excluding hydrogens is 195 g/mol. The molecule has 3 nitrogen and oxygen atoms in total. The van der Waals surface area contributed by atoms with Crippen molar-refractivity contribution in [2.24, 2.45) is 0 Å². The Morgan fingerprint density at radius 3 is 2.80 bits per heavy atom. The number of halogens is 1. The Labute approximate surface area is 87.7 Å². The van der Waals surface area contributed by atoms with Gasteiger partial charge in [-0.3, -0.25) is 4.79 Å². The largest absolute Gasteiger partial charge is 0.351 e. The van der Waals surface area contributed by atoms with Gasteiger partial charge in [0.05, 0.1) is 0 Å². The summed E-state index contributed by atoms with van der Waals surface area (Å²) < 4.78 is 13.4. The second-order valence-corrected chi connectivity index (χ2v) is 3.77. The van der Waals surface area contributed by atoms with E-state index in [-0.39, 0.29) is 17.8 Å². The number of benzene rings is 1. The maximum atomic E-state index is 13.4. The first-order valence-corrected chi connectivity index (χ1v) is 4.96. The minimum absolute atomic E-state index is 0.0977. The number of hydrogen-bond donors (Lipinski definition) is 2. The van der Waals surface area contributed by atoms with Crippen LogP contribution in [0, 0.1) is 5.82 Å². The Morgan fingerprint density at radius 1 is 1.40 bits per heavy atom. The topological polar surface area (TPSA) is 41.1 Å². The number of hydrogen-bond acceptors (Lipinski definition) is 2. The van der Waals surface area contributed by atoms with Gasteiger partial charge >= 0.3 is 0 Å². The van der Waals surface area contributed by atoms with Crippen molar-refractivity contribution < 1.29 is 9.18 Å². The fraction of sp³-hybridized carbons (Fsp3) is 0.364. The smallest absolute Gasteiger partial charge is 0.242 e. The first-order chi connectivity index (χ1) is 7.18. The lowest BCUT2D eigenvalue weighted by molar-refractivity contribution is -0.125. The number of amides is 1. The quantitative estimate of drug-likeness (QED) is 0.722. The molecular formula is C11H13FN2O. The first-order valence-electron chi connectivity index (χ1n) is 4.96. The number of carbonyl (C=O) groups is 1. The predicted octanol–water partition coefficient (Wildman–Crippen LogP) is 0.975. The van der Waals surface area contributed by atoms with Crippen LogP contribution in [0.1, 0.15) is 18.5 Å². The molecule has 0 saturated carbocycles. The second-order valence-electron chi connectivity index (χ2n) is 3.77. The molecule has 0 aliphatic carbocycles. The van der Waals surface area contributed by atoms with E-state index in [2.05, 4.69) is 10.6 Å². The average molecular weight is 208 g/mol. The Bertz CT molecular complexity index is 381. The van der Waals surface area contributed by atoms with Crippen molar-refractivity contribution in [3.8, 4) is 0 Å². The van der Waals surface area contributed by atoms with E-state index >= 15 is 0 Å². The summed E-state index contributed by atoms with van der Waals surface area (Å²) in [6, 6.07) is 5.86. The average Bonchev–Trinajstić information content (AvgIpc) is 2.20. The zero-order valence-electron chi connectivity index (χ0n) is 8.46. The fourth-order valence-corrected chi connectivity index (χ4v) is 1.72. The molecule has 1 aromatic rings. The molecule has 1 heterocycles. The van der Waals surface area contributed by atoms with Crippen LogP contribution in [0.15, 0.2) is 24.3 Å². The maximum absolute atomic E-state index is 13.4. The minimum atomic E-state index is -0.567. The summed E-state index contributed by atoms with van der Waals surface area (Å²) in [6.45, 7) is 2.56. The van der Waals surface area contributed by atoms with Gasteiger partial charge in [-0.1, -0.05) is 18.2 Å². The van der Waals surface area contributed by atoms with Crippen molar-refractivity contribution >= 4 is 5.91 Å². The molecule has 1 aliphatic rings. The summed E-state index contributed by atoms with van der Waals surface area (Å²) in [4.78, 5) is 11.6. The lowest BCUT2D eigenvalue weighted by atomic mass is 10.0. The monoisotopic (exact) mass is 208 g/mol. The lowest BCUT2D eigenvalue weighted by Gasteiger charge is -2.28. The van der Waals surface area contributed by atoms with E-state index in [0.717, 1.165) is 0 Å². The molecule has 4 heteroatoms.